The Morgan fingerprint density at radius 1 is 0.633 bits per heavy atom. The van der Waals surface area contributed by atoms with Gasteiger partial charge in [0.1, 0.15) is 5.70 Å². The Morgan fingerprint density at radius 3 is 1.77 bits per heavy atom. The summed E-state index contributed by atoms with van der Waals surface area (Å²) in [6.45, 7) is 5.81. The van der Waals surface area contributed by atoms with Crippen molar-refractivity contribution in [1.29, 1.82) is 0 Å². The van der Waals surface area contributed by atoms with Crippen LogP contribution >= 0.6 is 0 Å². The van der Waals surface area contributed by atoms with Gasteiger partial charge in [0.05, 0.1) is 11.3 Å². The highest BCUT2D eigenvalue weighted by Crippen LogP contribution is 2.36. The lowest BCUT2D eigenvalue weighted by atomic mass is 10.0. The Morgan fingerprint density at radius 2 is 1.17 bits per heavy atom. The van der Waals surface area contributed by atoms with Crippen molar-refractivity contribution in [1.82, 2.24) is 4.90 Å². The number of carbonyl (C=O) groups excluding carboxylic acids is 2. The normalized spacial score (nSPS) is 19.6. The lowest BCUT2D eigenvalue weighted by Crippen LogP contribution is -2.34. The first kappa shape index (κ1) is 18.9. The van der Waals surface area contributed by atoms with E-state index in [1.165, 1.54) is 17.7 Å². The monoisotopic (exact) mass is 401 g/mol. The molecule has 0 N–H and O–H groups in total. The predicted octanol–water partition coefficient (Wildman–Crippen LogP) is 3.98. The molecule has 0 aliphatic carbocycles. The summed E-state index contributed by atoms with van der Waals surface area (Å²) in [5, 5.41) is 0. The Bertz CT molecular complexity index is 996. The third kappa shape index (κ3) is 3.18. The molecule has 0 bridgehead atoms. The number of hydrogen-bond acceptors (Lipinski definition) is 4. The maximum absolute atomic E-state index is 13.5. The zero-order chi connectivity index (χ0) is 20.7. The van der Waals surface area contributed by atoms with Gasteiger partial charge in [0.25, 0.3) is 11.8 Å². The standard InChI is InChI=1S/C25H27N3O2/c1-18-6-8-19(9-7-18)22-23(27-16-4-5-17-27)25(30)28(24(22)29)21-12-10-20(11-13-21)26-14-2-3-15-26/h6-13H,2-5,14-17H2,1H3. The lowest BCUT2D eigenvalue weighted by molar-refractivity contribution is -0.120. The second-order valence-corrected chi connectivity index (χ2v) is 8.44. The van der Waals surface area contributed by atoms with Gasteiger partial charge in [-0.15, -0.1) is 0 Å². The van der Waals surface area contributed by atoms with Gasteiger partial charge in [-0.05, 0) is 62.4 Å². The molecule has 2 amide bonds. The summed E-state index contributed by atoms with van der Waals surface area (Å²) in [7, 11) is 0. The molecule has 2 aromatic rings. The highest BCUT2D eigenvalue weighted by Gasteiger charge is 2.42. The van der Waals surface area contributed by atoms with Crippen molar-refractivity contribution in [2.75, 3.05) is 36.0 Å². The van der Waals surface area contributed by atoms with Crippen LogP contribution in [0.5, 0.6) is 0 Å². The van der Waals surface area contributed by atoms with Gasteiger partial charge in [0.2, 0.25) is 0 Å². The van der Waals surface area contributed by atoms with Crippen molar-refractivity contribution in [3.05, 3.63) is 65.4 Å². The minimum absolute atomic E-state index is 0.202. The minimum atomic E-state index is -0.223. The molecule has 5 nitrogen and oxygen atoms in total. The molecule has 0 atom stereocenters. The number of nitrogens with zero attached hydrogens (tertiary/aromatic N) is 3. The first-order valence-corrected chi connectivity index (χ1v) is 10.9. The van der Waals surface area contributed by atoms with Crippen LogP contribution in [-0.2, 0) is 9.59 Å². The fraction of sp³-hybridized carbons (Fsp3) is 0.360. The molecule has 3 aliphatic rings. The molecule has 0 radical (unpaired) electrons. The molecule has 3 heterocycles. The first-order valence-electron chi connectivity index (χ1n) is 10.9. The summed E-state index contributed by atoms with van der Waals surface area (Å²) in [6.07, 6.45) is 4.54. The average Bonchev–Trinajstić information content (AvgIpc) is 3.51. The topological polar surface area (TPSA) is 43.9 Å². The molecule has 0 aromatic heterocycles. The van der Waals surface area contributed by atoms with Gasteiger partial charge in [-0.25, -0.2) is 4.90 Å². The largest absolute Gasteiger partial charge is 0.372 e. The van der Waals surface area contributed by atoms with E-state index in [0.29, 0.717) is 17.0 Å². The quantitative estimate of drug-likeness (QED) is 0.727. The minimum Gasteiger partial charge on any atom is -0.372 e. The van der Waals surface area contributed by atoms with Gasteiger partial charge >= 0.3 is 0 Å². The smallest absolute Gasteiger partial charge is 0.282 e. The molecule has 0 saturated carbocycles. The number of anilines is 2. The van der Waals surface area contributed by atoms with E-state index in [1.807, 2.05) is 55.5 Å². The van der Waals surface area contributed by atoms with Crippen molar-refractivity contribution in [3.8, 4) is 0 Å². The number of hydrogen-bond donors (Lipinski definition) is 0. The number of benzene rings is 2. The molecule has 0 spiro atoms. The molecule has 154 valence electrons. The molecular weight excluding hydrogens is 374 g/mol. The van der Waals surface area contributed by atoms with Crippen LogP contribution < -0.4 is 9.80 Å². The number of amides is 2. The van der Waals surface area contributed by atoms with E-state index in [0.717, 1.165) is 55.8 Å². The summed E-state index contributed by atoms with van der Waals surface area (Å²) >= 11 is 0. The second kappa shape index (κ2) is 7.63. The summed E-state index contributed by atoms with van der Waals surface area (Å²) in [5.41, 5.74) is 4.84. The number of imide groups is 1. The van der Waals surface area contributed by atoms with Crippen molar-refractivity contribution in [3.63, 3.8) is 0 Å². The van der Waals surface area contributed by atoms with Crippen LogP contribution in [0.25, 0.3) is 5.57 Å². The Balaban J connectivity index is 1.51. The van der Waals surface area contributed by atoms with E-state index in [1.54, 1.807) is 0 Å². The van der Waals surface area contributed by atoms with E-state index in [9.17, 15) is 9.59 Å². The van der Waals surface area contributed by atoms with Gasteiger partial charge in [-0.3, -0.25) is 9.59 Å². The van der Waals surface area contributed by atoms with Crippen molar-refractivity contribution < 1.29 is 9.59 Å². The Hall–Kier alpha value is -3.08. The SMILES string of the molecule is Cc1ccc(C2=C(N3CCCC3)C(=O)N(c3ccc(N4CCCC4)cc3)C2=O)cc1. The van der Waals surface area contributed by atoms with E-state index >= 15 is 0 Å². The predicted molar refractivity (Wildman–Crippen MR) is 119 cm³/mol. The van der Waals surface area contributed by atoms with Crippen LogP contribution in [0.15, 0.2) is 54.2 Å². The molecule has 30 heavy (non-hydrogen) atoms. The highest BCUT2D eigenvalue weighted by molar-refractivity contribution is 6.45. The number of carbonyl (C=O) groups is 2. The molecular formula is C25H27N3O2. The first-order chi connectivity index (χ1) is 14.6. The summed E-state index contributed by atoms with van der Waals surface area (Å²) in [4.78, 5) is 32.8. The second-order valence-electron chi connectivity index (χ2n) is 8.44. The van der Waals surface area contributed by atoms with Gasteiger partial charge in [0, 0.05) is 31.9 Å². The highest BCUT2D eigenvalue weighted by atomic mass is 16.2. The van der Waals surface area contributed by atoms with Crippen molar-refractivity contribution in [2.24, 2.45) is 0 Å². The summed E-state index contributed by atoms with van der Waals surface area (Å²) in [5.74, 6) is -0.425. The van der Waals surface area contributed by atoms with Crippen molar-refractivity contribution in [2.45, 2.75) is 32.6 Å². The number of aryl methyl sites for hydroxylation is 1. The third-order valence-electron chi connectivity index (χ3n) is 6.40. The number of likely N-dealkylation sites (tertiary alicyclic amines) is 1. The van der Waals surface area contributed by atoms with E-state index in [4.69, 9.17) is 0 Å². The number of rotatable bonds is 4. The van der Waals surface area contributed by atoms with Crippen LogP contribution in [0, 0.1) is 6.92 Å². The van der Waals surface area contributed by atoms with Gasteiger partial charge in [-0.2, -0.15) is 0 Å². The Labute approximate surface area is 177 Å². The van der Waals surface area contributed by atoms with Crippen LogP contribution in [0.4, 0.5) is 11.4 Å². The Kier molecular flexibility index (Phi) is 4.81. The van der Waals surface area contributed by atoms with Crippen LogP contribution in [-0.4, -0.2) is 42.9 Å². The van der Waals surface area contributed by atoms with Gasteiger partial charge in [-0.1, -0.05) is 29.8 Å². The van der Waals surface area contributed by atoms with E-state index in [2.05, 4.69) is 9.80 Å². The molecule has 2 saturated heterocycles. The van der Waals surface area contributed by atoms with Crippen LogP contribution in [0.2, 0.25) is 0 Å². The van der Waals surface area contributed by atoms with Crippen LogP contribution in [0.1, 0.15) is 36.8 Å². The van der Waals surface area contributed by atoms with Gasteiger partial charge in [0.15, 0.2) is 0 Å². The maximum atomic E-state index is 13.5. The fourth-order valence-electron chi connectivity index (χ4n) is 4.76. The third-order valence-corrected chi connectivity index (χ3v) is 6.40. The zero-order valence-corrected chi connectivity index (χ0v) is 17.4. The van der Waals surface area contributed by atoms with Crippen molar-refractivity contribution >= 4 is 28.8 Å². The molecule has 3 aliphatic heterocycles. The maximum Gasteiger partial charge on any atom is 0.282 e. The fourth-order valence-corrected chi connectivity index (χ4v) is 4.76. The summed E-state index contributed by atoms with van der Waals surface area (Å²) < 4.78 is 0. The molecule has 2 fully saturated rings. The average molecular weight is 402 g/mol. The molecule has 5 heteroatoms. The van der Waals surface area contributed by atoms with E-state index in [-0.39, 0.29) is 11.8 Å². The lowest BCUT2D eigenvalue weighted by Gasteiger charge is -2.21. The van der Waals surface area contributed by atoms with Gasteiger partial charge < -0.3 is 9.80 Å². The van der Waals surface area contributed by atoms with E-state index < -0.39 is 0 Å². The summed E-state index contributed by atoms with van der Waals surface area (Å²) in [6, 6.07) is 15.8. The zero-order valence-electron chi connectivity index (χ0n) is 17.4. The molecule has 5 rings (SSSR count). The molecule has 2 aromatic carbocycles. The molecule has 0 unspecified atom stereocenters. The van der Waals surface area contributed by atoms with Crippen LogP contribution in [0.3, 0.4) is 0 Å².